The summed E-state index contributed by atoms with van der Waals surface area (Å²) in [5.41, 5.74) is 12.9. The van der Waals surface area contributed by atoms with E-state index < -0.39 is 4.92 Å². The fourth-order valence-electron chi connectivity index (χ4n) is 4.04. The summed E-state index contributed by atoms with van der Waals surface area (Å²) in [6.45, 7) is 0. The third kappa shape index (κ3) is 4.74. The van der Waals surface area contributed by atoms with Gasteiger partial charge in [-0.2, -0.15) is 0 Å². The Bertz CT molecular complexity index is 1470. The lowest BCUT2D eigenvalue weighted by Gasteiger charge is -2.09. The van der Waals surface area contributed by atoms with Crippen molar-refractivity contribution in [2.45, 2.75) is 0 Å². The number of nitrogens with two attached hydrogens (primary N) is 1. The highest BCUT2D eigenvalue weighted by Crippen LogP contribution is 2.29. The highest BCUT2D eigenvalue weighted by molar-refractivity contribution is 5.97. The van der Waals surface area contributed by atoms with Gasteiger partial charge in [-0.05, 0) is 52.2 Å². The largest absolute Gasteiger partial charge is 0.378 e. The van der Waals surface area contributed by atoms with Crippen molar-refractivity contribution in [3.8, 4) is 33.6 Å². The van der Waals surface area contributed by atoms with Gasteiger partial charge in [0.15, 0.2) is 5.84 Å². The Kier molecular flexibility index (Phi) is 6.32. The SMILES string of the molecule is N/C(=N\[n+]1c(-c2ccccc2)cc(-c2ccccc2)cc1-c1ccccc1)c1ccc([N+](=O)[O-])cc1. The lowest BCUT2D eigenvalue weighted by atomic mass is 10.00. The van der Waals surface area contributed by atoms with E-state index in [9.17, 15) is 10.1 Å². The number of nitrogens with zero attached hydrogens (tertiary/aromatic N) is 3. The van der Waals surface area contributed by atoms with Crippen molar-refractivity contribution < 1.29 is 9.60 Å². The molecule has 36 heavy (non-hydrogen) atoms. The summed E-state index contributed by atoms with van der Waals surface area (Å²) in [5.74, 6) is 0.247. The molecule has 0 saturated heterocycles. The molecule has 1 aromatic heterocycles. The predicted octanol–water partition coefficient (Wildman–Crippen LogP) is 6.05. The topological polar surface area (TPSA) is 85.4 Å². The molecular weight excluding hydrogens is 448 g/mol. The molecule has 1 heterocycles. The second-order valence-corrected chi connectivity index (χ2v) is 8.21. The second-order valence-electron chi connectivity index (χ2n) is 8.21. The van der Waals surface area contributed by atoms with Crippen molar-refractivity contribution in [1.29, 1.82) is 0 Å². The van der Waals surface area contributed by atoms with Crippen LogP contribution in [0.5, 0.6) is 0 Å². The van der Waals surface area contributed by atoms with E-state index in [4.69, 9.17) is 10.8 Å². The number of nitro benzene ring substituents is 1. The minimum absolute atomic E-state index is 0.00127. The average Bonchev–Trinajstić information content (AvgIpc) is 2.94. The number of nitro groups is 1. The van der Waals surface area contributed by atoms with Crippen LogP contribution in [0.1, 0.15) is 5.56 Å². The van der Waals surface area contributed by atoms with E-state index in [2.05, 4.69) is 24.3 Å². The lowest BCUT2D eigenvalue weighted by molar-refractivity contribution is -0.656. The monoisotopic (exact) mass is 471 g/mol. The first-order valence-corrected chi connectivity index (χ1v) is 11.5. The van der Waals surface area contributed by atoms with E-state index in [-0.39, 0.29) is 11.5 Å². The quantitative estimate of drug-likeness (QED) is 0.108. The standard InChI is InChI=1S/C30H23N4O2/c31-30(25-16-18-27(19-17-25)34(35)36)32-33-28(23-12-6-2-7-13-23)20-26(22-10-4-1-5-11-22)21-29(33)24-14-8-3-9-15-24/h1-21H,(H2,31,32)/q+1. The van der Waals surface area contributed by atoms with Gasteiger partial charge < -0.3 is 5.73 Å². The zero-order chi connectivity index (χ0) is 24.9. The molecule has 0 radical (unpaired) electrons. The molecule has 5 rings (SSSR count). The van der Waals surface area contributed by atoms with Crippen molar-refractivity contribution in [3.63, 3.8) is 0 Å². The molecule has 5 aromatic rings. The van der Waals surface area contributed by atoms with Crippen LogP contribution in [0.25, 0.3) is 33.6 Å². The summed E-state index contributed by atoms with van der Waals surface area (Å²) in [5, 5.41) is 15.9. The Morgan fingerprint density at radius 3 is 1.53 bits per heavy atom. The Balaban J connectivity index is 1.77. The summed E-state index contributed by atoms with van der Waals surface area (Å²) in [6.07, 6.45) is 0. The van der Waals surface area contributed by atoms with Gasteiger partial charge in [-0.25, -0.2) is 0 Å². The predicted molar refractivity (Wildman–Crippen MR) is 142 cm³/mol. The third-order valence-electron chi connectivity index (χ3n) is 5.87. The lowest BCUT2D eigenvalue weighted by Crippen LogP contribution is -2.37. The van der Waals surface area contributed by atoms with E-state index in [1.165, 1.54) is 12.1 Å². The van der Waals surface area contributed by atoms with Gasteiger partial charge in [0.05, 0.1) is 4.92 Å². The first-order chi connectivity index (χ1) is 17.6. The van der Waals surface area contributed by atoms with Crippen molar-refractivity contribution in [2.24, 2.45) is 10.8 Å². The molecule has 0 aliphatic heterocycles. The molecule has 0 atom stereocenters. The highest BCUT2D eigenvalue weighted by Gasteiger charge is 2.24. The molecule has 6 heteroatoms. The van der Waals surface area contributed by atoms with Gasteiger partial charge in [0.25, 0.3) is 5.69 Å². The maximum atomic E-state index is 11.1. The van der Waals surface area contributed by atoms with Gasteiger partial charge in [-0.1, -0.05) is 66.7 Å². The molecular formula is C30H23N4O2+. The molecule has 174 valence electrons. The van der Waals surface area contributed by atoms with Gasteiger partial charge in [0, 0.05) is 46.1 Å². The number of rotatable bonds is 6. The number of aromatic nitrogens is 1. The average molecular weight is 472 g/mol. The van der Waals surface area contributed by atoms with Crippen LogP contribution in [-0.2, 0) is 0 Å². The third-order valence-corrected chi connectivity index (χ3v) is 5.87. The van der Waals surface area contributed by atoms with Crippen LogP contribution in [0.2, 0.25) is 0 Å². The maximum absolute atomic E-state index is 11.1. The minimum atomic E-state index is -0.435. The fourth-order valence-corrected chi connectivity index (χ4v) is 4.04. The van der Waals surface area contributed by atoms with Crippen LogP contribution in [0.3, 0.4) is 0 Å². The molecule has 0 spiro atoms. The summed E-state index contributed by atoms with van der Waals surface area (Å²) in [7, 11) is 0. The number of non-ortho nitro benzene ring substituents is 1. The van der Waals surface area contributed by atoms with Crippen molar-refractivity contribution >= 4 is 11.5 Å². The molecule has 0 aliphatic carbocycles. The van der Waals surface area contributed by atoms with Crippen molar-refractivity contribution in [1.82, 2.24) is 0 Å². The van der Waals surface area contributed by atoms with E-state index in [0.29, 0.717) is 5.56 Å². The van der Waals surface area contributed by atoms with Crippen LogP contribution in [-0.4, -0.2) is 10.8 Å². The van der Waals surface area contributed by atoms with E-state index in [1.54, 1.807) is 12.1 Å². The summed E-state index contributed by atoms with van der Waals surface area (Å²) in [4.78, 5) is 10.6. The van der Waals surface area contributed by atoms with Crippen LogP contribution in [0.4, 0.5) is 5.69 Å². The van der Waals surface area contributed by atoms with Gasteiger partial charge in [0.1, 0.15) is 0 Å². The Labute approximate surface area is 208 Å². The van der Waals surface area contributed by atoms with E-state index in [1.807, 2.05) is 83.5 Å². The van der Waals surface area contributed by atoms with Crippen LogP contribution in [0.15, 0.2) is 132 Å². The van der Waals surface area contributed by atoms with Gasteiger partial charge in [-0.15, -0.1) is 0 Å². The number of pyridine rings is 1. The zero-order valence-electron chi connectivity index (χ0n) is 19.4. The van der Waals surface area contributed by atoms with Gasteiger partial charge in [0.2, 0.25) is 11.4 Å². The molecule has 0 bridgehead atoms. The van der Waals surface area contributed by atoms with Crippen LogP contribution < -0.4 is 10.4 Å². The number of hydrogen-bond donors (Lipinski definition) is 1. The van der Waals surface area contributed by atoms with E-state index >= 15 is 0 Å². The molecule has 0 unspecified atom stereocenters. The highest BCUT2D eigenvalue weighted by atomic mass is 16.6. The maximum Gasteiger partial charge on any atom is 0.269 e. The first-order valence-electron chi connectivity index (χ1n) is 11.5. The number of amidine groups is 1. The van der Waals surface area contributed by atoms with E-state index in [0.717, 1.165) is 33.6 Å². The summed E-state index contributed by atoms with van der Waals surface area (Å²) >= 11 is 0. The fraction of sp³-hybridized carbons (Fsp3) is 0. The van der Waals surface area contributed by atoms with Crippen LogP contribution >= 0.6 is 0 Å². The zero-order valence-corrected chi connectivity index (χ0v) is 19.4. The molecule has 4 aromatic carbocycles. The molecule has 0 fully saturated rings. The molecule has 0 saturated carbocycles. The molecule has 0 aliphatic rings. The van der Waals surface area contributed by atoms with Gasteiger partial charge in [-0.3, -0.25) is 10.1 Å². The summed E-state index contributed by atoms with van der Waals surface area (Å²) < 4.78 is 1.84. The molecule has 2 N–H and O–H groups in total. The first kappa shape index (κ1) is 22.7. The number of benzene rings is 4. The van der Waals surface area contributed by atoms with Crippen molar-refractivity contribution in [3.05, 3.63) is 143 Å². The second kappa shape index (κ2) is 10.0. The van der Waals surface area contributed by atoms with Crippen molar-refractivity contribution in [2.75, 3.05) is 0 Å². The summed E-state index contributed by atoms with van der Waals surface area (Å²) in [6, 6.07) is 40.5. The Hall–Kier alpha value is -5.10. The smallest absolute Gasteiger partial charge is 0.269 e. The molecule has 6 nitrogen and oxygen atoms in total. The molecule has 0 amide bonds. The minimum Gasteiger partial charge on any atom is -0.378 e. The normalized spacial score (nSPS) is 11.3. The Morgan fingerprint density at radius 2 is 1.08 bits per heavy atom. The van der Waals surface area contributed by atoms with Gasteiger partial charge >= 0.3 is 0 Å². The van der Waals surface area contributed by atoms with Crippen LogP contribution in [0, 0.1) is 10.1 Å². The number of hydrogen-bond acceptors (Lipinski definition) is 3. The Morgan fingerprint density at radius 1 is 0.639 bits per heavy atom.